The molecule has 0 radical (unpaired) electrons. The van der Waals surface area contributed by atoms with Crippen LogP contribution in [0.25, 0.3) is 11.1 Å². The number of aromatic nitrogens is 1. The Morgan fingerprint density at radius 3 is 2.05 bits per heavy atom. The zero-order valence-electron chi connectivity index (χ0n) is 24.8. The van der Waals surface area contributed by atoms with Gasteiger partial charge in [-0.15, -0.1) is 0 Å². The van der Waals surface area contributed by atoms with Crippen LogP contribution in [0.1, 0.15) is 67.5 Å². The molecule has 12 heteroatoms. The summed E-state index contributed by atoms with van der Waals surface area (Å²) in [6.45, 7) is 6.72. The van der Waals surface area contributed by atoms with E-state index in [-0.39, 0.29) is 23.6 Å². The Morgan fingerprint density at radius 2 is 1.50 bits per heavy atom. The molecule has 0 N–H and O–H groups in total. The van der Waals surface area contributed by atoms with Crippen molar-refractivity contribution in [3.05, 3.63) is 82.4 Å². The van der Waals surface area contributed by atoms with Gasteiger partial charge in [-0.25, -0.2) is 4.39 Å². The molecule has 44 heavy (non-hydrogen) atoms. The number of likely N-dealkylation sites (N-methyl/N-ethyl adjacent to an activating group) is 1. The molecule has 2 amide bonds. The molecule has 1 saturated heterocycles. The molecule has 5 nitrogen and oxygen atoms in total. The van der Waals surface area contributed by atoms with E-state index >= 15 is 0 Å². The number of halogens is 7. The summed E-state index contributed by atoms with van der Waals surface area (Å²) in [5.74, 6) is -1.47. The van der Waals surface area contributed by atoms with E-state index < -0.39 is 46.2 Å². The monoisotopic (exact) mass is 623 g/mol. The van der Waals surface area contributed by atoms with Crippen molar-refractivity contribution in [1.82, 2.24) is 9.88 Å². The lowest BCUT2D eigenvalue weighted by atomic mass is 9.81. The average molecular weight is 624 g/mol. The highest BCUT2D eigenvalue weighted by molar-refractivity contribution is 6.03. The number of carbonyl (C=O) groups is 2. The summed E-state index contributed by atoms with van der Waals surface area (Å²) in [5.41, 5.74) is -2.93. The highest BCUT2D eigenvalue weighted by Crippen LogP contribution is 2.41. The van der Waals surface area contributed by atoms with E-state index in [4.69, 9.17) is 0 Å². The third-order valence-corrected chi connectivity index (χ3v) is 8.18. The van der Waals surface area contributed by atoms with Gasteiger partial charge in [0.1, 0.15) is 5.82 Å². The molecule has 1 aliphatic rings. The third-order valence-electron chi connectivity index (χ3n) is 8.18. The van der Waals surface area contributed by atoms with E-state index in [2.05, 4.69) is 4.98 Å². The number of nitrogens with zero attached hydrogens (tertiary/aromatic N) is 3. The minimum Gasteiger partial charge on any atom is -0.342 e. The Hall–Kier alpha value is -3.96. The number of hydrogen-bond donors (Lipinski definition) is 0. The van der Waals surface area contributed by atoms with Crippen molar-refractivity contribution in [3.8, 4) is 11.1 Å². The summed E-state index contributed by atoms with van der Waals surface area (Å²) in [6, 6.07) is 6.95. The van der Waals surface area contributed by atoms with Gasteiger partial charge in [0.15, 0.2) is 0 Å². The SMILES string of the molecule is CC(=O)N1CCC[C@@H](c2cc(-c3ccc(F)cc3C)c(N(C)C(=O)C(C)(C)c3cc(C(F)(F)F)cc(C(F)(F)F)c3)cn2)C1. The smallest absolute Gasteiger partial charge is 0.342 e. The highest BCUT2D eigenvalue weighted by atomic mass is 19.4. The lowest BCUT2D eigenvalue weighted by Gasteiger charge is -2.33. The van der Waals surface area contributed by atoms with Crippen LogP contribution in [0.2, 0.25) is 0 Å². The number of rotatable bonds is 5. The van der Waals surface area contributed by atoms with E-state index in [1.54, 1.807) is 17.9 Å². The normalized spacial score (nSPS) is 16.2. The van der Waals surface area contributed by atoms with Crippen molar-refractivity contribution in [2.45, 2.75) is 64.2 Å². The summed E-state index contributed by atoms with van der Waals surface area (Å²) in [6.07, 6.45) is -7.24. The fourth-order valence-electron chi connectivity index (χ4n) is 5.57. The number of benzene rings is 2. The second kappa shape index (κ2) is 11.9. The molecule has 0 saturated carbocycles. The van der Waals surface area contributed by atoms with Gasteiger partial charge in [0.05, 0.1) is 28.4 Å². The van der Waals surface area contributed by atoms with Crippen molar-refractivity contribution in [2.75, 3.05) is 25.0 Å². The van der Waals surface area contributed by atoms with Crippen LogP contribution in [0, 0.1) is 12.7 Å². The summed E-state index contributed by atoms with van der Waals surface area (Å²) in [7, 11) is 1.36. The van der Waals surface area contributed by atoms with Crippen LogP contribution in [0.15, 0.2) is 48.7 Å². The van der Waals surface area contributed by atoms with Crippen molar-refractivity contribution in [3.63, 3.8) is 0 Å². The molecule has 2 heterocycles. The molecule has 3 aromatic rings. The van der Waals surface area contributed by atoms with E-state index in [1.165, 1.54) is 52.2 Å². The van der Waals surface area contributed by atoms with E-state index in [1.807, 2.05) is 0 Å². The molecule has 0 bridgehead atoms. The van der Waals surface area contributed by atoms with Crippen LogP contribution in [0.3, 0.4) is 0 Å². The zero-order valence-corrected chi connectivity index (χ0v) is 24.8. The second-order valence-corrected chi connectivity index (χ2v) is 11.7. The van der Waals surface area contributed by atoms with Gasteiger partial charge in [-0.05, 0) is 86.7 Å². The Labute approximate surface area is 250 Å². The van der Waals surface area contributed by atoms with Crippen LogP contribution >= 0.6 is 0 Å². The first kappa shape index (κ1) is 32.9. The summed E-state index contributed by atoms with van der Waals surface area (Å²) < 4.78 is 95.6. The molecule has 0 aliphatic carbocycles. The number of alkyl halides is 6. The van der Waals surface area contributed by atoms with Crippen LogP contribution in [-0.4, -0.2) is 41.8 Å². The number of piperidine rings is 1. The number of pyridine rings is 1. The first-order chi connectivity index (χ1) is 20.3. The number of amides is 2. The van der Waals surface area contributed by atoms with E-state index in [0.717, 1.165) is 17.7 Å². The molecule has 1 aromatic heterocycles. The predicted molar refractivity (Wildman–Crippen MR) is 151 cm³/mol. The minimum absolute atomic E-state index is 0.0182. The molecular formula is C32H32F7N3O2. The molecule has 1 atom stereocenters. The van der Waals surface area contributed by atoms with Crippen molar-refractivity contribution in [2.24, 2.45) is 0 Å². The fourth-order valence-corrected chi connectivity index (χ4v) is 5.57. The number of hydrogen-bond acceptors (Lipinski definition) is 3. The van der Waals surface area contributed by atoms with Crippen molar-refractivity contribution < 1.29 is 40.3 Å². The number of carbonyl (C=O) groups excluding carboxylic acids is 2. The van der Waals surface area contributed by atoms with Gasteiger partial charge in [-0.1, -0.05) is 6.07 Å². The molecule has 4 rings (SSSR count). The Bertz CT molecular complexity index is 1550. The van der Waals surface area contributed by atoms with Crippen molar-refractivity contribution in [1.29, 1.82) is 0 Å². The third kappa shape index (κ3) is 6.73. The maximum atomic E-state index is 14.0. The Morgan fingerprint density at radius 1 is 0.909 bits per heavy atom. The van der Waals surface area contributed by atoms with E-state index in [9.17, 15) is 40.3 Å². The number of aryl methyl sites for hydroxylation is 1. The van der Waals surface area contributed by atoms with Gasteiger partial charge in [0.25, 0.3) is 0 Å². The van der Waals surface area contributed by atoms with Crippen LogP contribution < -0.4 is 4.90 Å². The average Bonchev–Trinajstić information content (AvgIpc) is 2.95. The maximum Gasteiger partial charge on any atom is 0.416 e. The summed E-state index contributed by atoms with van der Waals surface area (Å²) >= 11 is 0. The quantitative estimate of drug-likeness (QED) is 0.272. The highest BCUT2D eigenvalue weighted by Gasteiger charge is 2.41. The van der Waals surface area contributed by atoms with Crippen LogP contribution in [0.5, 0.6) is 0 Å². The second-order valence-electron chi connectivity index (χ2n) is 11.7. The molecule has 1 aliphatic heterocycles. The molecule has 0 unspecified atom stereocenters. The largest absolute Gasteiger partial charge is 0.416 e. The first-order valence-corrected chi connectivity index (χ1v) is 13.9. The summed E-state index contributed by atoms with van der Waals surface area (Å²) in [4.78, 5) is 33.4. The Balaban J connectivity index is 1.82. The van der Waals surface area contributed by atoms with Crippen LogP contribution in [0.4, 0.5) is 36.4 Å². The lowest BCUT2D eigenvalue weighted by molar-refractivity contribution is -0.143. The van der Waals surface area contributed by atoms with E-state index in [0.29, 0.717) is 47.6 Å². The minimum atomic E-state index is -5.08. The van der Waals surface area contributed by atoms with Crippen molar-refractivity contribution >= 4 is 17.5 Å². The van der Waals surface area contributed by atoms with Crippen LogP contribution in [-0.2, 0) is 27.4 Å². The number of likely N-dealkylation sites (tertiary alicyclic amines) is 1. The van der Waals surface area contributed by atoms with Gasteiger partial charge >= 0.3 is 12.4 Å². The zero-order chi connectivity index (χ0) is 32.8. The van der Waals surface area contributed by atoms with Gasteiger partial charge in [-0.2, -0.15) is 26.3 Å². The standard InChI is InChI=1S/C32H32F7N3O2/c1-18-11-24(33)8-9-25(18)26-15-27(20-7-6-10-42(17-20)19(2)43)40-16-28(26)41(5)29(44)30(3,4)21-12-22(31(34,35)36)14-23(13-21)32(37,38)39/h8-9,11-16,20H,6-7,10,17H2,1-5H3/t20-/m1/s1. The molecule has 236 valence electrons. The van der Waals surface area contributed by atoms with Gasteiger partial charge in [-0.3, -0.25) is 14.6 Å². The number of anilines is 1. The van der Waals surface area contributed by atoms with Gasteiger partial charge in [0, 0.05) is 44.2 Å². The first-order valence-electron chi connectivity index (χ1n) is 13.9. The molecule has 0 spiro atoms. The lowest BCUT2D eigenvalue weighted by Crippen LogP contribution is -2.42. The Kier molecular flexibility index (Phi) is 8.87. The molecule has 2 aromatic carbocycles. The van der Waals surface area contributed by atoms with Gasteiger partial charge < -0.3 is 9.80 Å². The predicted octanol–water partition coefficient (Wildman–Crippen LogP) is 7.90. The molecular weight excluding hydrogens is 591 g/mol. The fraction of sp³-hybridized carbons (Fsp3) is 0.406. The summed E-state index contributed by atoms with van der Waals surface area (Å²) in [5, 5.41) is 0. The topological polar surface area (TPSA) is 53.5 Å². The van der Waals surface area contributed by atoms with Gasteiger partial charge in [0.2, 0.25) is 11.8 Å². The maximum absolute atomic E-state index is 14.0. The molecule has 1 fully saturated rings.